The van der Waals surface area contributed by atoms with Gasteiger partial charge in [-0.1, -0.05) is 30.3 Å². The van der Waals surface area contributed by atoms with E-state index >= 15 is 0 Å². The monoisotopic (exact) mass is 204 g/mol. The molecule has 2 heteroatoms. The molecule has 2 nitrogen and oxygen atoms in total. The highest BCUT2D eigenvalue weighted by molar-refractivity contribution is 5.18. The molecule has 1 fully saturated rings. The van der Waals surface area contributed by atoms with Gasteiger partial charge in [-0.2, -0.15) is 0 Å². The lowest BCUT2D eigenvalue weighted by atomic mass is 10.1. The number of rotatable bonds is 3. The molecular formula is C13H20N2. The van der Waals surface area contributed by atoms with Crippen LogP contribution in [0.15, 0.2) is 30.3 Å². The lowest BCUT2D eigenvalue weighted by Crippen LogP contribution is -2.26. The van der Waals surface area contributed by atoms with Crippen molar-refractivity contribution in [3.05, 3.63) is 35.9 Å². The molecule has 0 aromatic heterocycles. The zero-order chi connectivity index (χ0) is 10.7. The normalized spacial score (nSPS) is 24.3. The molecule has 0 amide bonds. The van der Waals surface area contributed by atoms with Crippen LogP contribution in [-0.4, -0.2) is 24.5 Å². The third-order valence-corrected chi connectivity index (χ3v) is 3.48. The summed E-state index contributed by atoms with van der Waals surface area (Å²) in [5.74, 6) is 0.705. The molecule has 1 saturated heterocycles. The van der Waals surface area contributed by atoms with Crippen LogP contribution in [0.2, 0.25) is 0 Å². The Morgan fingerprint density at radius 3 is 2.73 bits per heavy atom. The summed E-state index contributed by atoms with van der Waals surface area (Å²) in [4.78, 5) is 2.53. The largest absolute Gasteiger partial charge is 0.330 e. The lowest BCUT2D eigenvalue weighted by molar-refractivity contribution is 0.253. The summed E-state index contributed by atoms with van der Waals surface area (Å²) in [5.41, 5.74) is 7.12. The van der Waals surface area contributed by atoms with E-state index in [4.69, 9.17) is 5.73 Å². The van der Waals surface area contributed by atoms with Crippen LogP contribution in [0, 0.1) is 5.92 Å². The summed E-state index contributed by atoms with van der Waals surface area (Å²) in [6, 6.07) is 11.2. The standard InChI is InChI=1S/C13H20N2/c1-11(13-5-3-2-4-6-13)15-8-7-12(9-14)10-15/h2-6,11-12H,7-10,14H2,1H3/t11-,12+/m0/s1. The van der Waals surface area contributed by atoms with Gasteiger partial charge in [-0.3, -0.25) is 4.90 Å². The van der Waals surface area contributed by atoms with Gasteiger partial charge in [-0.25, -0.2) is 0 Å². The van der Waals surface area contributed by atoms with E-state index in [1.807, 2.05) is 0 Å². The zero-order valence-electron chi connectivity index (χ0n) is 9.39. The minimum atomic E-state index is 0.530. The maximum Gasteiger partial charge on any atom is 0.0320 e. The van der Waals surface area contributed by atoms with Gasteiger partial charge in [-0.15, -0.1) is 0 Å². The molecular weight excluding hydrogens is 184 g/mol. The van der Waals surface area contributed by atoms with Crippen LogP contribution in [0.25, 0.3) is 0 Å². The van der Waals surface area contributed by atoms with Crippen LogP contribution in [0.4, 0.5) is 0 Å². The first kappa shape index (κ1) is 10.7. The van der Waals surface area contributed by atoms with E-state index in [0.717, 1.165) is 13.1 Å². The summed E-state index contributed by atoms with van der Waals surface area (Å²) in [6.45, 7) is 5.47. The van der Waals surface area contributed by atoms with Crippen molar-refractivity contribution in [1.82, 2.24) is 4.90 Å². The Hall–Kier alpha value is -0.860. The first-order valence-electron chi connectivity index (χ1n) is 5.80. The smallest absolute Gasteiger partial charge is 0.0320 e. The van der Waals surface area contributed by atoms with E-state index in [-0.39, 0.29) is 0 Å². The van der Waals surface area contributed by atoms with Crippen molar-refractivity contribution in [2.24, 2.45) is 11.7 Å². The van der Waals surface area contributed by atoms with Crippen LogP contribution >= 0.6 is 0 Å². The van der Waals surface area contributed by atoms with Gasteiger partial charge >= 0.3 is 0 Å². The average molecular weight is 204 g/mol. The molecule has 82 valence electrons. The van der Waals surface area contributed by atoms with Crippen LogP contribution in [0.3, 0.4) is 0 Å². The molecule has 0 bridgehead atoms. The SMILES string of the molecule is C[C@@H](c1ccccc1)N1CC[C@H](CN)C1. The molecule has 0 spiro atoms. The summed E-state index contributed by atoms with van der Waals surface area (Å²) in [5, 5.41) is 0. The number of nitrogens with zero attached hydrogens (tertiary/aromatic N) is 1. The number of hydrogen-bond donors (Lipinski definition) is 1. The molecule has 1 aliphatic heterocycles. The van der Waals surface area contributed by atoms with Crippen molar-refractivity contribution in [1.29, 1.82) is 0 Å². The van der Waals surface area contributed by atoms with Gasteiger partial charge in [0.25, 0.3) is 0 Å². The van der Waals surface area contributed by atoms with Crippen LogP contribution < -0.4 is 5.73 Å². The Balaban J connectivity index is 2.00. The summed E-state index contributed by atoms with van der Waals surface area (Å²) in [6.07, 6.45) is 1.26. The van der Waals surface area contributed by atoms with Crippen molar-refractivity contribution in [3.63, 3.8) is 0 Å². The highest BCUT2D eigenvalue weighted by Gasteiger charge is 2.25. The van der Waals surface area contributed by atoms with Gasteiger partial charge in [-0.05, 0) is 37.9 Å². The topological polar surface area (TPSA) is 29.3 Å². The predicted octanol–water partition coefficient (Wildman–Crippen LogP) is 2.03. The molecule has 1 aliphatic rings. The van der Waals surface area contributed by atoms with Crippen molar-refractivity contribution < 1.29 is 0 Å². The minimum absolute atomic E-state index is 0.530. The number of nitrogens with two attached hydrogens (primary N) is 1. The maximum atomic E-state index is 5.71. The molecule has 1 heterocycles. The maximum absolute atomic E-state index is 5.71. The van der Waals surface area contributed by atoms with Crippen molar-refractivity contribution in [2.45, 2.75) is 19.4 Å². The van der Waals surface area contributed by atoms with Gasteiger partial charge in [0.15, 0.2) is 0 Å². The van der Waals surface area contributed by atoms with Crippen molar-refractivity contribution in [3.8, 4) is 0 Å². The Bertz CT molecular complexity index is 297. The predicted molar refractivity (Wildman–Crippen MR) is 63.6 cm³/mol. The van der Waals surface area contributed by atoms with E-state index in [2.05, 4.69) is 42.2 Å². The molecule has 2 atom stereocenters. The second-order valence-electron chi connectivity index (χ2n) is 4.47. The molecule has 2 rings (SSSR count). The Kier molecular flexibility index (Phi) is 3.39. The van der Waals surface area contributed by atoms with Crippen molar-refractivity contribution in [2.75, 3.05) is 19.6 Å². The third kappa shape index (κ3) is 2.39. The molecule has 1 aromatic carbocycles. The molecule has 0 saturated carbocycles. The van der Waals surface area contributed by atoms with E-state index in [0.29, 0.717) is 12.0 Å². The average Bonchev–Trinajstić information content (AvgIpc) is 2.78. The molecule has 0 unspecified atom stereocenters. The van der Waals surface area contributed by atoms with Crippen LogP contribution in [0.1, 0.15) is 24.9 Å². The zero-order valence-corrected chi connectivity index (χ0v) is 9.39. The van der Waals surface area contributed by atoms with Gasteiger partial charge < -0.3 is 5.73 Å². The van der Waals surface area contributed by atoms with E-state index in [9.17, 15) is 0 Å². The number of hydrogen-bond acceptors (Lipinski definition) is 2. The number of likely N-dealkylation sites (tertiary alicyclic amines) is 1. The van der Waals surface area contributed by atoms with Crippen LogP contribution in [0.5, 0.6) is 0 Å². The fourth-order valence-corrected chi connectivity index (χ4v) is 2.35. The van der Waals surface area contributed by atoms with E-state index in [1.54, 1.807) is 0 Å². The third-order valence-electron chi connectivity index (χ3n) is 3.48. The van der Waals surface area contributed by atoms with Crippen molar-refractivity contribution >= 4 is 0 Å². The van der Waals surface area contributed by atoms with Crippen LogP contribution in [-0.2, 0) is 0 Å². The molecule has 2 N–H and O–H groups in total. The summed E-state index contributed by atoms with van der Waals surface area (Å²) < 4.78 is 0. The second-order valence-corrected chi connectivity index (χ2v) is 4.47. The highest BCUT2D eigenvalue weighted by Crippen LogP contribution is 2.26. The van der Waals surface area contributed by atoms with Gasteiger partial charge in [0, 0.05) is 12.6 Å². The molecule has 0 aliphatic carbocycles. The minimum Gasteiger partial charge on any atom is -0.330 e. The summed E-state index contributed by atoms with van der Waals surface area (Å²) >= 11 is 0. The fourth-order valence-electron chi connectivity index (χ4n) is 2.35. The second kappa shape index (κ2) is 4.77. The molecule has 15 heavy (non-hydrogen) atoms. The van der Waals surface area contributed by atoms with E-state index in [1.165, 1.54) is 18.5 Å². The fraction of sp³-hybridized carbons (Fsp3) is 0.538. The Morgan fingerprint density at radius 2 is 2.13 bits per heavy atom. The molecule has 0 radical (unpaired) electrons. The van der Waals surface area contributed by atoms with Gasteiger partial charge in [0.1, 0.15) is 0 Å². The van der Waals surface area contributed by atoms with Gasteiger partial charge in [0.05, 0.1) is 0 Å². The molecule has 1 aromatic rings. The summed E-state index contributed by atoms with van der Waals surface area (Å²) in [7, 11) is 0. The highest BCUT2D eigenvalue weighted by atomic mass is 15.2. The van der Waals surface area contributed by atoms with Gasteiger partial charge in [0.2, 0.25) is 0 Å². The Morgan fingerprint density at radius 1 is 1.40 bits per heavy atom. The quantitative estimate of drug-likeness (QED) is 0.816. The first-order valence-corrected chi connectivity index (χ1v) is 5.80. The first-order chi connectivity index (χ1) is 7.31. The Labute approximate surface area is 92.1 Å². The lowest BCUT2D eigenvalue weighted by Gasteiger charge is -2.24. The number of benzene rings is 1. The van der Waals surface area contributed by atoms with E-state index < -0.39 is 0 Å².